The monoisotopic (exact) mass is 337 g/mol. The molecule has 0 bridgehead atoms. The summed E-state index contributed by atoms with van der Waals surface area (Å²) < 4.78 is 19.2. The van der Waals surface area contributed by atoms with Gasteiger partial charge in [0.1, 0.15) is 5.82 Å². The van der Waals surface area contributed by atoms with Crippen LogP contribution in [0.4, 0.5) is 4.39 Å². The van der Waals surface area contributed by atoms with E-state index < -0.39 is 0 Å². The third kappa shape index (κ3) is 3.21. The summed E-state index contributed by atoms with van der Waals surface area (Å²) in [6.45, 7) is 2.13. The molecule has 1 aromatic carbocycles. The van der Waals surface area contributed by atoms with Crippen LogP contribution in [-0.4, -0.2) is 10.9 Å². The molecule has 1 unspecified atom stereocenters. The SMILES string of the molecule is CC1(Cc2cc(F)ccc2C(=O)c2cnoc2C2CC2)C=CC=CC1. The van der Waals surface area contributed by atoms with Crippen molar-refractivity contribution in [3.63, 3.8) is 0 Å². The number of benzene rings is 1. The number of allylic oxidation sites excluding steroid dienone is 4. The van der Waals surface area contributed by atoms with Gasteiger partial charge in [0.15, 0.2) is 11.5 Å². The molecule has 0 spiro atoms. The normalized spacial score (nSPS) is 22.3. The third-order valence-electron chi connectivity index (χ3n) is 5.03. The van der Waals surface area contributed by atoms with Crippen LogP contribution in [-0.2, 0) is 6.42 Å². The van der Waals surface area contributed by atoms with Crippen LogP contribution >= 0.6 is 0 Å². The first kappa shape index (κ1) is 16.0. The van der Waals surface area contributed by atoms with Crippen molar-refractivity contribution >= 4 is 5.78 Å². The van der Waals surface area contributed by atoms with Crippen LogP contribution in [0.1, 0.15) is 59.3 Å². The number of carbonyl (C=O) groups is 1. The highest BCUT2D eigenvalue weighted by molar-refractivity contribution is 6.10. The lowest BCUT2D eigenvalue weighted by atomic mass is 9.77. The summed E-state index contributed by atoms with van der Waals surface area (Å²) in [5, 5.41) is 3.82. The van der Waals surface area contributed by atoms with Gasteiger partial charge in [0, 0.05) is 11.5 Å². The van der Waals surface area contributed by atoms with Crippen LogP contribution in [0.2, 0.25) is 0 Å². The van der Waals surface area contributed by atoms with Gasteiger partial charge in [0.25, 0.3) is 0 Å². The summed E-state index contributed by atoms with van der Waals surface area (Å²) in [5.41, 5.74) is 1.66. The average Bonchev–Trinajstić information content (AvgIpc) is 3.31. The Bertz CT molecular complexity index is 876. The van der Waals surface area contributed by atoms with E-state index in [0.29, 0.717) is 29.2 Å². The molecule has 1 heterocycles. The van der Waals surface area contributed by atoms with E-state index in [0.717, 1.165) is 24.8 Å². The Balaban J connectivity index is 1.69. The summed E-state index contributed by atoms with van der Waals surface area (Å²) in [7, 11) is 0. The van der Waals surface area contributed by atoms with E-state index >= 15 is 0 Å². The second-order valence-corrected chi connectivity index (χ2v) is 7.33. The van der Waals surface area contributed by atoms with Crippen LogP contribution in [0.5, 0.6) is 0 Å². The highest BCUT2D eigenvalue weighted by Crippen LogP contribution is 2.42. The second kappa shape index (κ2) is 6.10. The lowest BCUT2D eigenvalue weighted by Crippen LogP contribution is -2.19. The first-order chi connectivity index (χ1) is 12.1. The standard InChI is InChI=1S/C21H20FNO2/c1-21(9-3-2-4-10-21)12-15-11-16(22)7-8-17(15)19(24)18-13-23-25-20(18)14-5-6-14/h2-4,7-9,11,13-14H,5-6,10,12H2,1H3. The molecule has 4 rings (SSSR count). The second-order valence-electron chi connectivity index (χ2n) is 7.33. The van der Waals surface area contributed by atoms with Gasteiger partial charge in [-0.25, -0.2) is 4.39 Å². The summed E-state index contributed by atoms with van der Waals surface area (Å²) in [6.07, 6.45) is 13.3. The maximum atomic E-state index is 13.9. The number of halogens is 1. The first-order valence-corrected chi connectivity index (χ1v) is 8.68. The number of rotatable bonds is 5. The van der Waals surface area contributed by atoms with Crippen molar-refractivity contribution in [3.8, 4) is 0 Å². The summed E-state index contributed by atoms with van der Waals surface area (Å²) in [4.78, 5) is 13.1. The number of aromatic nitrogens is 1. The van der Waals surface area contributed by atoms with Gasteiger partial charge >= 0.3 is 0 Å². The molecule has 25 heavy (non-hydrogen) atoms. The molecule has 128 valence electrons. The van der Waals surface area contributed by atoms with E-state index in [9.17, 15) is 9.18 Å². The minimum atomic E-state index is -0.321. The maximum absolute atomic E-state index is 13.9. The van der Waals surface area contributed by atoms with Crippen molar-refractivity contribution < 1.29 is 13.7 Å². The van der Waals surface area contributed by atoms with Gasteiger partial charge in [-0.1, -0.05) is 36.4 Å². The third-order valence-corrected chi connectivity index (χ3v) is 5.03. The Labute approximate surface area is 146 Å². The van der Waals surface area contributed by atoms with Gasteiger partial charge in [-0.3, -0.25) is 4.79 Å². The van der Waals surface area contributed by atoms with Crippen molar-refractivity contribution in [1.82, 2.24) is 5.16 Å². The van der Waals surface area contributed by atoms with E-state index in [-0.39, 0.29) is 17.0 Å². The van der Waals surface area contributed by atoms with E-state index in [4.69, 9.17) is 4.52 Å². The average molecular weight is 337 g/mol. The van der Waals surface area contributed by atoms with E-state index in [1.165, 1.54) is 18.3 Å². The molecule has 1 atom stereocenters. The molecule has 1 saturated carbocycles. The Morgan fingerprint density at radius 3 is 2.88 bits per heavy atom. The molecule has 2 aromatic rings. The van der Waals surface area contributed by atoms with Crippen molar-refractivity contribution in [1.29, 1.82) is 0 Å². The predicted octanol–water partition coefficient (Wildman–Crippen LogP) is 4.99. The van der Waals surface area contributed by atoms with Crippen LogP contribution in [0, 0.1) is 11.2 Å². The topological polar surface area (TPSA) is 43.1 Å². The fourth-order valence-electron chi connectivity index (χ4n) is 3.47. The molecule has 0 aliphatic heterocycles. The van der Waals surface area contributed by atoms with E-state index in [2.05, 4.69) is 24.2 Å². The minimum absolute atomic E-state index is 0.120. The lowest BCUT2D eigenvalue weighted by molar-refractivity contribution is 0.103. The number of hydrogen-bond donors (Lipinski definition) is 0. The number of hydrogen-bond acceptors (Lipinski definition) is 3. The van der Waals surface area contributed by atoms with Gasteiger partial charge in [-0.15, -0.1) is 0 Å². The van der Waals surface area contributed by atoms with Gasteiger partial charge < -0.3 is 4.52 Å². The van der Waals surface area contributed by atoms with Crippen molar-refractivity contribution in [3.05, 3.63) is 77.0 Å². The molecular weight excluding hydrogens is 317 g/mol. The van der Waals surface area contributed by atoms with Gasteiger partial charge in [0.05, 0.1) is 11.8 Å². The van der Waals surface area contributed by atoms with Crippen LogP contribution in [0.25, 0.3) is 0 Å². The smallest absolute Gasteiger partial charge is 0.198 e. The molecule has 1 aromatic heterocycles. The van der Waals surface area contributed by atoms with Crippen molar-refractivity contribution in [2.24, 2.45) is 5.41 Å². The van der Waals surface area contributed by atoms with Crippen LogP contribution < -0.4 is 0 Å². The molecule has 4 heteroatoms. The highest BCUT2D eigenvalue weighted by atomic mass is 19.1. The zero-order valence-electron chi connectivity index (χ0n) is 14.2. The van der Waals surface area contributed by atoms with Gasteiger partial charge in [-0.2, -0.15) is 0 Å². The van der Waals surface area contributed by atoms with Crippen molar-refractivity contribution in [2.45, 2.75) is 38.5 Å². The largest absolute Gasteiger partial charge is 0.360 e. The zero-order valence-corrected chi connectivity index (χ0v) is 14.2. The number of nitrogens with zero attached hydrogens (tertiary/aromatic N) is 1. The number of carbonyl (C=O) groups excluding carboxylic acids is 1. The fourth-order valence-corrected chi connectivity index (χ4v) is 3.47. The van der Waals surface area contributed by atoms with Gasteiger partial charge in [0.2, 0.25) is 0 Å². The summed E-state index contributed by atoms with van der Waals surface area (Å²) in [5.74, 6) is 0.525. The zero-order chi connectivity index (χ0) is 17.4. The Kier molecular flexibility index (Phi) is 3.91. The Morgan fingerprint density at radius 2 is 2.16 bits per heavy atom. The first-order valence-electron chi connectivity index (χ1n) is 8.68. The highest BCUT2D eigenvalue weighted by Gasteiger charge is 2.33. The lowest BCUT2D eigenvalue weighted by Gasteiger charge is -2.27. The van der Waals surface area contributed by atoms with Gasteiger partial charge in [-0.05, 0) is 54.9 Å². The molecule has 1 fully saturated rings. The number of ketones is 1. The molecule has 2 aliphatic carbocycles. The van der Waals surface area contributed by atoms with E-state index in [1.54, 1.807) is 6.07 Å². The fraction of sp³-hybridized carbons (Fsp3) is 0.333. The molecule has 0 N–H and O–H groups in total. The molecular formula is C21H20FNO2. The minimum Gasteiger partial charge on any atom is -0.360 e. The molecule has 2 aliphatic rings. The van der Waals surface area contributed by atoms with E-state index in [1.807, 2.05) is 12.2 Å². The molecule has 0 amide bonds. The van der Waals surface area contributed by atoms with Crippen molar-refractivity contribution in [2.75, 3.05) is 0 Å². The maximum Gasteiger partial charge on any atom is 0.198 e. The molecule has 0 radical (unpaired) electrons. The summed E-state index contributed by atoms with van der Waals surface area (Å²) in [6, 6.07) is 4.41. The van der Waals surface area contributed by atoms with Crippen LogP contribution in [0.3, 0.4) is 0 Å². The molecule has 3 nitrogen and oxygen atoms in total. The Hall–Kier alpha value is -2.49. The Morgan fingerprint density at radius 1 is 1.32 bits per heavy atom. The summed E-state index contributed by atoms with van der Waals surface area (Å²) >= 11 is 0. The quantitative estimate of drug-likeness (QED) is 0.722. The van der Waals surface area contributed by atoms with Crippen LogP contribution in [0.15, 0.2) is 53.2 Å². The predicted molar refractivity (Wildman–Crippen MR) is 93.0 cm³/mol. The molecule has 0 saturated heterocycles.